The Balaban J connectivity index is 2.21. The molecule has 0 saturated carbocycles. The second kappa shape index (κ2) is 4.61. The molecule has 3 N–H and O–H groups in total. The van der Waals surface area contributed by atoms with Crippen LogP contribution in [0.25, 0.3) is 0 Å². The van der Waals surface area contributed by atoms with Gasteiger partial charge in [-0.2, -0.15) is 0 Å². The van der Waals surface area contributed by atoms with E-state index in [1.54, 1.807) is 4.90 Å². The lowest BCUT2D eigenvalue weighted by Crippen LogP contribution is -2.31. The van der Waals surface area contributed by atoms with Crippen LogP contribution >= 0.6 is 0 Å². The summed E-state index contributed by atoms with van der Waals surface area (Å²) in [5.41, 5.74) is 5.52. The van der Waals surface area contributed by atoms with E-state index in [4.69, 9.17) is 5.73 Å². The van der Waals surface area contributed by atoms with Crippen molar-refractivity contribution in [2.75, 3.05) is 13.1 Å². The predicted molar refractivity (Wildman–Crippen MR) is 63.3 cm³/mol. The number of carbonyl (C=O) groups is 1. The molecule has 0 aliphatic carbocycles. The van der Waals surface area contributed by atoms with Crippen LogP contribution in [-0.4, -0.2) is 40.0 Å². The van der Waals surface area contributed by atoms with E-state index in [2.05, 4.69) is 0 Å². The third-order valence-electron chi connectivity index (χ3n) is 2.93. The van der Waals surface area contributed by atoms with Crippen molar-refractivity contribution in [3.05, 3.63) is 33.9 Å². The van der Waals surface area contributed by atoms with Crippen molar-refractivity contribution in [1.29, 1.82) is 0 Å². The van der Waals surface area contributed by atoms with Gasteiger partial charge < -0.3 is 15.7 Å². The van der Waals surface area contributed by atoms with Gasteiger partial charge in [0.1, 0.15) is 0 Å². The van der Waals surface area contributed by atoms with E-state index in [-0.39, 0.29) is 17.5 Å². The summed E-state index contributed by atoms with van der Waals surface area (Å²) in [6.45, 7) is 1.04. The third-order valence-corrected chi connectivity index (χ3v) is 2.93. The quantitative estimate of drug-likeness (QED) is 0.586. The molecule has 96 valence electrons. The largest absolute Gasteiger partial charge is 0.502 e. The van der Waals surface area contributed by atoms with Gasteiger partial charge in [0.05, 0.1) is 4.92 Å². The number of amides is 1. The number of nitro groups is 1. The minimum atomic E-state index is -0.699. The van der Waals surface area contributed by atoms with Gasteiger partial charge in [0.15, 0.2) is 5.75 Å². The first-order valence-electron chi connectivity index (χ1n) is 5.51. The van der Waals surface area contributed by atoms with Crippen molar-refractivity contribution in [3.8, 4) is 5.75 Å². The van der Waals surface area contributed by atoms with Gasteiger partial charge in [-0.25, -0.2) is 0 Å². The summed E-state index contributed by atoms with van der Waals surface area (Å²) < 4.78 is 0. The molecule has 1 heterocycles. The maximum absolute atomic E-state index is 12.0. The number of carbonyl (C=O) groups excluding carboxylic acids is 1. The minimum absolute atomic E-state index is 0.0272. The molecular formula is C11H13N3O4. The summed E-state index contributed by atoms with van der Waals surface area (Å²) in [5, 5.41) is 20.0. The number of phenols is 1. The SMILES string of the molecule is NC1CCN(C(=O)c2ccc([N+](=O)[O-])c(O)c2)C1. The summed E-state index contributed by atoms with van der Waals surface area (Å²) in [5.74, 6) is -0.775. The molecule has 7 heteroatoms. The van der Waals surface area contributed by atoms with Crippen LogP contribution in [0.1, 0.15) is 16.8 Å². The van der Waals surface area contributed by atoms with Gasteiger partial charge in [-0.3, -0.25) is 14.9 Å². The van der Waals surface area contributed by atoms with E-state index in [1.165, 1.54) is 6.07 Å². The topological polar surface area (TPSA) is 110 Å². The zero-order valence-electron chi connectivity index (χ0n) is 9.57. The molecule has 0 spiro atoms. The van der Waals surface area contributed by atoms with Crippen molar-refractivity contribution in [2.24, 2.45) is 5.73 Å². The molecule has 1 aliphatic heterocycles. The maximum atomic E-state index is 12.0. The number of nitrogens with zero attached hydrogens (tertiary/aromatic N) is 2. The van der Waals surface area contributed by atoms with Crippen LogP contribution in [0.4, 0.5) is 5.69 Å². The third kappa shape index (κ3) is 2.25. The summed E-state index contributed by atoms with van der Waals surface area (Å²) >= 11 is 0. The first-order chi connectivity index (χ1) is 8.49. The van der Waals surface area contributed by atoms with Crippen LogP contribution in [-0.2, 0) is 0 Å². The summed E-state index contributed by atoms with van der Waals surface area (Å²) in [6, 6.07) is 3.55. The lowest BCUT2D eigenvalue weighted by Gasteiger charge is -2.15. The number of nitrogens with two attached hydrogens (primary N) is 1. The van der Waals surface area contributed by atoms with Gasteiger partial charge in [-0.15, -0.1) is 0 Å². The Morgan fingerprint density at radius 2 is 2.28 bits per heavy atom. The number of hydrogen-bond donors (Lipinski definition) is 2. The average Bonchev–Trinajstić information content (AvgIpc) is 2.74. The summed E-state index contributed by atoms with van der Waals surface area (Å²) in [4.78, 5) is 23.4. The molecule has 0 aromatic heterocycles. The minimum Gasteiger partial charge on any atom is -0.502 e. The Bertz CT molecular complexity index is 503. The van der Waals surface area contributed by atoms with Gasteiger partial charge in [0, 0.05) is 30.8 Å². The Hall–Kier alpha value is -2.15. The van der Waals surface area contributed by atoms with Crippen LogP contribution in [0.5, 0.6) is 5.75 Å². The molecule has 1 fully saturated rings. The first-order valence-corrected chi connectivity index (χ1v) is 5.51. The van der Waals surface area contributed by atoms with Crippen molar-refractivity contribution in [3.63, 3.8) is 0 Å². The molecule has 1 atom stereocenters. The van der Waals surface area contributed by atoms with Crippen molar-refractivity contribution >= 4 is 11.6 Å². The molecule has 1 aliphatic rings. The molecule has 0 bridgehead atoms. The molecule has 18 heavy (non-hydrogen) atoms. The molecule has 1 aromatic carbocycles. The fourth-order valence-electron chi connectivity index (χ4n) is 1.97. The van der Waals surface area contributed by atoms with Crippen LogP contribution in [0.2, 0.25) is 0 Å². The molecule has 2 rings (SSSR count). The zero-order valence-corrected chi connectivity index (χ0v) is 9.57. The van der Waals surface area contributed by atoms with Crippen LogP contribution < -0.4 is 5.73 Å². The Morgan fingerprint density at radius 1 is 1.56 bits per heavy atom. The van der Waals surface area contributed by atoms with E-state index in [9.17, 15) is 20.0 Å². The summed E-state index contributed by atoms with van der Waals surface area (Å²) in [7, 11) is 0. The van der Waals surface area contributed by atoms with Crippen LogP contribution in [0.15, 0.2) is 18.2 Å². The summed E-state index contributed by atoms with van der Waals surface area (Å²) in [6.07, 6.45) is 0.741. The lowest BCUT2D eigenvalue weighted by atomic mass is 10.1. The second-order valence-corrected chi connectivity index (χ2v) is 4.26. The fraction of sp³-hybridized carbons (Fsp3) is 0.364. The van der Waals surface area contributed by atoms with Crippen LogP contribution in [0.3, 0.4) is 0 Å². The van der Waals surface area contributed by atoms with Gasteiger partial charge in [-0.1, -0.05) is 0 Å². The Labute approximate surface area is 103 Å². The molecule has 0 radical (unpaired) electrons. The number of phenolic OH excluding ortho intramolecular Hbond substituents is 1. The molecule has 1 unspecified atom stereocenters. The van der Waals surface area contributed by atoms with E-state index in [0.717, 1.165) is 18.6 Å². The molecule has 7 nitrogen and oxygen atoms in total. The zero-order chi connectivity index (χ0) is 13.3. The van der Waals surface area contributed by atoms with Gasteiger partial charge in [-0.05, 0) is 18.6 Å². The number of aromatic hydroxyl groups is 1. The number of benzene rings is 1. The highest BCUT2D eigenvalue weighted by molar-refractivity contribution is 5.95. The molecule has 1 aromatic rings. The van der Waals surface area contributed by atoms with E-state index in [0.29, 0.717) is 13.1 Å². The highest BCUT2D eigenvalue weighted by Gasteiger charge is 2.25. The second-order valence-electron chi connectivity index (χ2n) is 4.26. The predicted octanol–water partition coefficient (Wildman–Crippen LogP) is 0.474. The Kier molecular flexibility index (Phi) is 3.15. The van der Waals surface area contributed by atoms with Gasteiger partial charge >= 0.3 is 5.69 Å². The number of nitro benzene ring substituents is 1. The molecular weight excluding hydrogens is 238 g/mol. The maximum Gasteiger partial charge on any atom is 0.310 e. The normalized spacial score (nSPS) is 18.9. The number of likely N-dealkylation sites (tertiary alicyclic amines) is 1. The lowest BCUT2D eigenvalue weighted by molar-refractivity contribution is -0.385. The van der Waals surface area contributed by atoms with E-state index < -0.39 is 16.4 Å². The number of rotatable bonds is 2. The van der Waals surface area contributed by atoms with Crippen molar-refractivity contribution in [1.82, 2.24) is 4.90 Å². The van der Waals surface area contributed by atoms with E-state index >= 15 is 0 Å². The van der Waals surface area contributed by atoms with Crippen LogP contribution in [0, 0.1) is 10.1 Å². The standard InChI is InChI=1S/C11H13N3O4/c12-8-3-4-13(6-8)11(16)7-1-2-9(14(17)18)10(15)5-7/h1-2,5,8,15H,3-4,6,12H2. The fourth-order valence-corrected chi connectivity index (χ4v) is 1.97. The average molecular weight is 251 g/mol. The highest BCUT2D eigenvalue weighted by Crippen LogP contribution is 2.27. The van der Waals surface area contributed by atoms with Crippen molar-refractivity contribution in [2.45, 2.75) is 12.5 Å². The first kappa shape index (κ1) is 12.3. The monoisotopic (exact) mass is 251 g/mol. The smallest absolute Gasteiger partial charge is 0.310 e. The number of hydrogen-bond acceptors (Lipinski definition) is 5. The van der Waals surface area contributed by atoms with Gasteiger partial charge in [0.2, 0.25) is 0 Å². The Morgan fingerprint density at radius 3 is 2.78 bits per heavy atom. The van der Waals surface area contributed by atoms with Crippen molar-refractivity contribution < 1.29 is 14.8 Å². The molecule has 1 saturated heterocycles. The van der Waals surface area contributed by atoms with E-state index in [1.807, 2.05) is 0 Å². The highest BCUT2D eigenvalue weighted by atomic mass is 16.6. The molecule has 1 amide bonds. The van der Waals surface area contributed by atoms with Gasteiger partial charge in [0.25, 0.3) is 5.91 Å².